The minimum atomic E-state index is -0.122. The van der Waals surface area contributed by atoms with Crippen molar-refractivity contribution in [3.8, 4) is 0 Å². The first-order valence-corrected chi connectivity index (χ1v) is 11.2. The van der Waals surface area contributed by atoms with Crippen LogP contribution >= 0.6 is 34.8 Å². The third kappa shape index (κ3) is 3.62. The van der Waals surface area contributed by atoms with Gasteiger partial charge in [0.1, 0.15) is 0 Å². The molecule has 0 aromatic heterocycles. The second-order valence-electron chi connectivity index (χ2n) is 8.05. The minimum Gasteiger partial charge on any atom is -0.331 e. The molecule has 1 amide bonds. The maximum Gasteiger partial charge on any atom is 0.227 e. The molecule has 1 unspecified atom stereocenters. The smallest absolute Gasteiger partial charge is 0.227 e. The Balaban J connectivity index is 1.48. The molecule has 5 heteroatoms. The second-order valence-corrected chi connectivity index (χ2v) is 9.33. The van der Waals surface area contributed by atoms with E-state index in [1.807, 2.05) is 41.3 Å². The average Bonchev–Trinajstić information content (AvgIpc) is 3.53. The number of carbonyl (C=O) groups is 1. The molecular weight excluding hydrogens is 437 g/mol. The fourth-order valence-corrected chi connectivity index (χ4v) is 5.41. The van der Waals surface area contributed by atoms with Gasteiger partial charge in [0, 0.05) is 27.5 Å². The molecule has 2 nitrogen and oxygen atoms in total. The first kappa shape index (κ1) is 19.9. The van der Waals surface area contributed by atoms with Crippen LogP contribution in [0.5, 0.6) is 0 Å². The standard InChI is InChI=1S/C25H20Cl3NO/c26-17-6-3-5-16(12-17)24-19-7-2-1-4-15(19)10-11-29(24)25(30)22-14-21(22)20-9-8-18(27)13-23(20)28/h1-9,12-13,21-22,24H,10-11,14H2/t21-,22+,24?/m0/s1. The van der Waals surface area contributed by atoms with E-state index in [0.29, 0.717) is 21.6 Å². The number of nitrogens with zero attached hydrogens (tertiary/aromatic N) is 1. The lowest BCUT2D eigenvalue weighted by Crippen LogP contribution is -2.41. The molecule has 1 heterocycles. The molecule has 3 aromatic carbocycles. The van der Waals surface area contributed by atoms with Crippen molar-refractivity contribution in [1.29, 1.82) is 0 Å². The van der Waals surface area contributed by atoms with E-state index in [4.69, 9.17) is 34.8 Å². The number of rotatable bonds is 3. The van der Waals surface area contributed by atoms with Crippen LogP contribution in [0.25, 0.3) is 0 Å². The highest BCUT2D eigenvalue weighted by Gasteiger charge is 2.48. The van der Waals surface area contributed by atoms with E-state index >= 15 is 0 Å². The van der Waals surface area contributed by atoms with Gasteiger partial charge in [-0.3, -0.25) is 4.79 Å². The van der Waals surface area contributed by atoms with E-state index < -0.39 is 0 Å². The van der Waals surface area contributed by atoms with Gasteiger partial charge in [-0.1, -0.05) is 77.3 Å². The molecule has 30 heavy (non-hydrogen) atoms. The van der Waals surface area contributed by atoms with E-state index in [1.165, 1.54) is 11.1 Å². The van der Waals surface area contributed by atoms with E-state index in [0.717, 1.165) is 24.0 Å². The fourth-order valence-electron chi connectivity index (χ4n) is 4.67. The Morgan fingerprint density at radius 1 is 0.867 bits per heavy atom. The number of benzene rings is 3. The van der Waals surface area contributed by atoms with Gasteiger partial charge >= 0.3 is 0 Å². The molecule has 0 bridgehead atoms. The molecule has 1 saturated carbocycles. The van der Waals surface area contributed by atoms with Crippen molar-refractivity contribution in [2.45, 2.75) is 24.8 Å². The summed E-state index contributed by atoms with van der Waals surface area (Å²) in [4.78, 5) is 15.7. The Hall–Kier alpha value is -2.00. The van der Waals surface area contributed by atoms with Gasteiger partial charge in [-0.25, -0.2) is 0 Å². The molecule has 0 spiro atoms. The Kier molecular flexibility index (Phi) is 5.26. The maximum absolute atomic E-state index is 13.6. The van der Waals surface area contributed by atoms with Crippen LogP contribution in [0, 0.1) is 5.92 Å². The number of hydrogen-bond acceptors (Lipinski definition) is 1. The van der Waals surface area contributed by atoms with E-state index in [2.05, 4.69) is 24.3 Å². The summed E-state index contributed by atoms with van der Waals surface area (Å²) in [6.07, 6.45) is 1.68. The molecule has 0 N–H and O–H groups in total. The Labute approximate surface area is 191 Å². The Morgan fingerprint density at radius 2 is 1.67 bits per heavy atom. The molecule has 3 aromatic rings. The van der Waals surface area contributed by atoms with Gasteiger partial charge in [0.15, 0.2) is 0 Å². The third-order valence-corrected chi connectivity index (χ3v) is 7.00. The van der Waals surface area contributed by atoms with Crippen molar-refractivity contribution in [1.82, 2.24) is 4.90 Å². The Bertz CT molecular complexity index is 1130. The van der Waals surface area contributed by atoms with Crippen LogP contribution in [0.4, 0.5) is 0 Å². The monoisotopic (exact) mass is 455 g/mol. The zero-order chi connectivity index (χ0) is 20.8. The molecule has 0 radical (unpaired) electrons. The fraction of sp³-hybridized carbons (Fsp3) is 0.240. The van der Waals surface area contributed by atoms with E-state index in [9.17, 15) is 4.79 Å². The molecule has 1 fully saturated rings. The lowest BCUT2D eigenvalue weighted by Gasteiger charge is -2.38. The van der Waals surface area contributed by atoms with Gasteiger partial charge in [0.2, 0.25) is 5.91 Å². The van der Waals surface area contributed by atoms with Crippen molar-refractivity contribution in [2.75, 3.05) is 6.54 Å². The number of hydrogen-bond donors (Lipinski definition) is 0. The van der Waals surface area contributed by atoms with Crippen molar-refractivity contribution in [2.24, 2.45) is 5.92 Å². The summed E-state index contributed by atoms with van der Waals surface area (Å²) in [6, 6.07) is 21.6. The van der Waals surface area contributed by atoms with Crippen LogP contribution in [0.1, 0.15) is 40.6 Å². The highest BCUT2D eigenvalue weighted by atomic mass is 35.5. The summed E-state index contributed by atoms with van der Waals surface area (Å²) in [5.74, 6) is 0.292. The second kappa shape index (κ2) is 7.92. The highest BCUT2D eigenvalue weighted by Crippen LogP contribution is 2.52. The predicted molar refractivity (Wildman–Crippen MR) is 122 cm³/mol. The highest BCUT2D eigenvalue weighted by molar-refractivity contribution is 6.35. The van der Waals surface area contributed by atoms with Crippen molar-refractivity contribution in [3.63, 3.8) is 0 Å². The van der Waals surface area contributed by atoms with E-state index in [1.54, 1.807) is 6.07 Å². The first-order valence-electron chi connectivity index (χ1n) is 10.1. The van der Waals surface area contributed by atoms with Gasteiger partial charge in [0.25, 0.3) is 0 Å². The van der Waals surface area contributed by atoms with Crippen LogP contribution in [0.2, 0.25) is 15.1 Å². The van der Waals surface area contributed by atoms with Gasteiger partial charge in [-0.15, -0.1) is 0 Å². The maximum atomic E-state index is 13.6. The van der Waals surface area contributed by atoms with Crippen molar-refractivity contribution >= 4 is 40.7 Å². The summed E-state index contributed by atoms with van der Waals surface area (Å²) in [5.41, 5.74) is 4.53. The lowest BCUT2D eigenvalue weighted by molar-refractivity contribution is -0.134. The topological polar surface area (TPSA) is 20.3 Å². The van der Waals surface area contributed by atoms with Crippen LogP contribution in [0.15, 0.2) is 66.7 Å². The molecule has 1 aliphatic carbocycles. The SMILES string of the molecule is O=C([C@@H]1C[C@H]1c1ccc(Cl)cc1Cl)N1CCc2ccccc2C1c1cccc(Cl)c1. The molecule has 5 rings (SSSR count). The quantitative estimate of drug-likeness (QED) is 0.418. The Morgan fingerprint density at radius 3 is 2.47 bits per heavy atom. The van der Waals surface area contributed by atoms with Crippen LogP contribution in [-0.2, 0) is 11.2 Å². The average molecular weight is 457 g/mol. The van der Waals surface area contributed by atoms with Crippen molar-refractivity contribution in [3.05, 3.63) is 104 Å². The molecular formula is C25H20Cl3NO. The largest absolute Gasteiger partial charge is 0.331 e. The third-order valence-electron chi connectivity index (χ3n) is 6.20. The van der Waals surface area contributed by atoms with Gasteiger partial charge in [0.05, 0.1) is 6.04 Å². The lowest BCUT2D eigenvalue weighted by atomic mass is 9.88. The minimum absolute atomic E-state index is 0.0457. The number of fused-ring (bicyclic) bond motifs is 1. The zero-order valence-electron chi connectivity index (χ0n) is 16.2. The van der Waals surface area contributed by atoms with Crippen LogP contribution < -0.4 is 0 Å². The molecule has 3 atom stereocenters. The van der Waals surface area contributed by atoms with Crippen LogP contribution in [0.3, 0.4) is 0 Å². The molecule has 152 valence electrons. The molecule has 2 aliphatic rings. The number of carbonyl (C=O) groups excluding carboxylic acids is 1. The van der Waals surface area contributed by atoms with Gasteiger partial charge in [-0.2, -0.15) is 0 Å². The predicted octanol–water partition coefficient (Wildman–Crippen LogP) is 6.92. The summed E-state index contributed by atoms with van der Waals surface area (Å²) < 4.78 is 0. The van der Waals surface area contributed by atoms with Crippen molar-refractivity contribution < 1.29 is 4.79 Å². The van der Waals surface area contributed by atoms with E-state index in [-0.39, 0.29) is 23.8 Å². The summed E-state index contributed by atoms with van der Waals surface area (Å²) in [7, 11) is 0. The molecule has 1 aliphatic heterocycles. The van der Waals surface area contributed by atoms with Gasteiger partial charge in [-0.05, 0) is 65.3 Å². The number of halogens is 3. The first-order chi connectivity index (χ1) is 14.5. The summed E-state index contributed by atoms with van der Waals surface area (Å²) >= 11 is 18.7. The summed E-state index contributed by atoms with van der Waals surface area (Å²) in [5, 5.41) is 1.93. The zero-order valence-corrected chi connectivity index (χ0v) is 18.5. The summed E-state index contributed by atoms with van der Waals surface area (Å²) in [6.45, 7) is 0.699. The number of amides is 1. The van der Waals surface area contributed by atoms with Crippen LogP contribution in [-0.4, -0.2) is 17.4 Å². The molecule has 0 saturated heterocycles. The normalized spacial score (nSPS) is 22.5. The van der Waals surface area contributed by atoms with Gasteiger partial charge < -0.3 is 4.90 Å².